The normalized spacial score (nSPS) is 15.1. The van der Waals surface area contributed by atoms with Gasteiger partial charge in [0.1, 0.15) is 17.9 Å². The number of rotatable bonds is 6. The smallest absolute Gasteiger partial charge is 0.243 e. The number of hydrogen-bond donors (Lipinski definition) is 2. The summed E-state index contributed by atoms with van der Waals surface area (Å²) in [4.78, 5) is 16.8. The van der Waals surface area contributed by atoms with Crippen molar-refractivity contribution < 1.29 is 14.3 Å². The number of nitrogens with zero attached hydrogens (tertiary/aromatic N) is 2. The summed E-state index contributed by atoms with van der Waals surface area (Å²) in [7, 11) is 0. The second kappa shape index (κ2) is 6.88. The lowest BCUT2D eigenvalue weighted by atomic mass is 10.1. The van der Waals surface area contributed by atoms with Crippen molar-refractivity contribution in [1.82, 2.24) is 14.9 Å². The summed E-state index contributed by atoms with van der Waals surface area (Å²) < 4.78 is 7.03. The van der Waals surface area contributed by atoms with E-state index in [-0.39, 0.29) is 18.0 Å². The summed E-state index contributed by atoms with van der Waals surface area (Å²) in [6, 6.07) is 10.6. The number of hydrogen-bond acceptors (Lipinski definition) is 4. The van der Waals surface area contributed by atoms with Gasteiger partial charge in [-0.15, -0.1) is 0 Å². The first-order chi connectivity index (χ1) is 11.6. The van der Waals surface area contributed by atoms with Crippen LogP contribution in [-0.2, 0) is 4.79 Å². The summed E-state index contributed by atoms with van der Waals surface area (Å²) in [6.07, 6.45) is 2.85. The number of fused-ring (bicyclic) bond motifs is 1. The van der Waals surface area contributed by atoms with Crippen molar-refractivity contribution in [3.8, 4) is 0 Å². The van der Waals surface area contributed by atoms with Gasteiger partial charge in [0.05, 0.1) is 23.6 Å². The molecule has 0 saturated carbocycles. The molecular formula is C18H21N3O3. The molecule has 3 atom stereocenters. The lowest BCUT2D eigenvalue weighted by Gasteiger charge is -2.20. The molecule has 2 aromatic heterocycles. The van der Waals surface area contributed by atoms with Gasteiger partial charge in [-0.3, -0.25) is 4.79 Å². The first kappa shape index (κ1) is 16.3. The number of carbonyl (C=O) groups is 1. The maximum atomic E-state index is 12.5. The molecule has 0 saturated heterocycles. The Hall–Kier alpha value is -2.60. The molecule has 0 aliphatic rings. The zero-order valence-electron chi connectivity index (χ0n) is 13.7. The van der Waals surface area contributed by atoms with E-state index in [2.05, 4.69) is 10.3 Å². The maximum absolute atomic E-state index is 12.5. The van der Waals surface area contributed by atoms with E-state index in [0.717, 1.165) is 11.0 Å². The highest BCUT2D eigenvalue weighted by molar-refractivity contribution is 5.83. The van der Waals surface area contributed by atoms with E-state index >= 15 is 0 Å². The van der Waals surface area contributed by atoms with Crippen molar-refractivity contribution in [1.29, 1.82) is 0 Å². The number of imidazole rings is 1. The van der Waals surface area contributed by atoms with E-state index in [9.17, 15) is 9.90 Å². The Morgan fingerprint density at radius 1 is 1.29 bits per heavy atom. The Balaban J connectivity index is 1.63. The SMILES string of the molecule is C[C@H](C(=O)N[C@@H](C)C[C@H](O)c1ccco1)n1cnc2ccccc21. The minimum atomic E-state index is -0.736. The fraction of sp³-hybridized carbons (Fsp3) is 0.333. The molecule has 1 aromatic carbocycles. The van der Waals surface area contributed by atoms with Crippen LogP contribution in [0.5, 0.6) is 0 Å². The fourth-order valence-electron chi connectivity index (χ4n) is 2.77. The van der Waals surface area contributed by atoms with Crippen LogP contribution in [0.3, 0.4) is 0 Å². The van der Waals surface area contributed by atoms with Gasteiger partial charge in [-0.1, -0.05) is 12.1 Å². The molecule has 0 radical (unpaired) electrons. The summed E-state index contributed by atoms with van der Waals surface area (Å²) in [5, 5.41) is 13.0. The summed E-state index contributed by atoms with van der Waals surface area (Å²) >= 11 is 0. The van der Waals surface area contributed by atoms with E-state index in [1.165, 1.54) is 6.26 Å². The van der Waals surface area contributed by atoms with Crippen LogP contribution in [0.2, 0.25) is 0 Å². The number of nitrogens with one attached hydrogen (secondary N) is 1. The van der Waals surface area contributed by atoms with E-state index in [1.54, 1.807) is 18.5 Å². The molecule has 0 unspecified atom stereocenters. The van der Waals surface area contributed by atoms with E-state index < -0.39 is 6.10 Å². The summed E-state index contributed by atoms with van der Waals surface area (Å²) in [6.45, 7) is 3.70. The molecule has 0 aliphatic carbocycles. The molecule has 2 N–H and O–H groups in total. The standard InChI is InChI=1S/C18H21N3O3/c1-12(10-16(22)17-8-5-9-24-17)20-18(23)13(2)21-11-19-14-6-3-4-7-15(14)21/h3-9,11-13,16,22H,10H2,1-2H3,(H,20,23)/t12-,13+,16-/m0/s1. The molecule has 0 aliphatic heterocycles. The lowest BCUT2D eigenvalue weighted by molar-refractivity contribution is -0.124. The maximum Gasteiger partial charge on any atom is 0.243 e. The number of aliphatic hydroxyl groups is 1. The molecule has 3 rings (SSSR count). The predicted octanol–water partition coefficient (Wildman–Crippen LogP) is 2.82. The molecule has 126 valence electrons. The third-order valence-corrected chi connectivity index (χ3v) is 4.11. The number of aromatic nitrogens is 2. The van der Waals surface area contributed by atoms with Gasteiger partial charge in [0, 0.05) is 12.5 Å². The lowest BCUT2D eigenvalue weighted by Crippen LogP contribution is -2.38. The van der Waals surface area contributed by atoms with Gasteiger partial charge in [0.2, 0.25) is 5.91 Å². The number of para-hydroxylation sites is 2. The van der Waals surface area contributed by atoms with Gasteiger partial charge >= 0.3 is 0 Å². The van der Waals surface area contributed by atoms with Crippen molar-refractivity contribution in [2.75, 3.05) is 0 Å². The van der Waals surface area contributed by atoms with Gasteiger partial charge in [0.25, 0.3) is 0 Å². The third kappa shape index (κ3) is 3.33. The molecule has 0 bridgehead atoms. The molecule has 2 heterocycles. The monoisotopic (exact) mass is 327 g/mol. The molecular weight excluding hydrogens is 306 g/mol. The van der Waals surface area contributed by atoms with Gasteiger partial charge in [-0.2, -0.15) is 0 Å². The molecule has 0 fully saturated rings. The van der Waals surface area contributed by atoms with Crippen LogP contribution in [0, 0.1) is 0 Å². The Morgan fingerprint density at radius 2 is 2.08 bits per heavy atom. The zero-order valence-corrected chi connectivity index (χ0v) is 13.7. The largest absolute Gasteiger partial charge is 0.467 e. The van der Waals surface area contributed by atoms with Crippen LogP contribution in [0.1, 0.15) is 38.2 Å². The van der Waals surface area contributed by atoms with Crippen molar-refractivity contribution in [3.05, 3.63) is 54.7 Å². The molecule has 6 heteroatoms. The average molecular weight is 327 g/mol. The van der Waals surface area contributed by atoms with Crippen LogP contribution >= 0.6 is 0 Å². The van der Waals surface area contributed by atoms with Crippen LogP contribution < -0.4 is 5.32 Å². The Morgan fingerprint density at radius 3 is 2.83 bits per heavy atom. The minimum Gasteiger partial charge on any atom is -0.467 e. The number of aliphatic hydroxyl groups excluding tert-OH is 1. The fourth-order valence-corrected chi connectivity index (χ4v) is 2.77. The quantitative estimate of drug-likeness (QED) is 0.729. The van der Waals surface area contributed by atoms with E-state index in [0.29, 0.717) is 12.2 Å². The van der Waals surface area contributed by atoms with Gasteiger partial charge in [-0.25, -0.2) is 4.98 Å². The third-order valence-electron chi connectivity index (χ3n) is 4.11. The molecule has 1 amide bonds. The van der Waals surface area contributed by atoms with Crippen LogP contribution in [0.4, 0.5) is 0 Å². The first-order valence-corrected chi connectivity index (χ1v) is 7.99. The Kier molecular flexibility index (Phi) is 4.66. The average Bonchev–Trinajstić information content (AvgIpc) is 3.23. The van der Waals surface area contributed by atoms with E-state index in [1.807, 2.05) is 42.7 Å². The minimum absolute atomic E-state index is 0.114. The van der Waals surface area contributed by atoms with Crippen molar-refractivity contribution in [3.63, 3.8) is 0 Å². The summed E-state index contributed by atoms with van der Waals surface area (Å²) in [5.74, 6) is 0.391. The van der Waals surface area contributed by atoms with Crippen LogP contribution in [0.15, 0.2) is 53.4 Å². The number of carbonyl (C=O) groups excluding carboxylic acids is 1. The zero-order chi connectivity index (χ0) is 17.1. The Labute approximate surface area is 140 Å². The highest BCUT2D eigenvalue weighted by Crippen LogP contribution is 2.20. The van der Waals surface area contributed by atoms with Crippen molar-refractivity contribution in [2.24, 2.45) is 0 Å². The number of benzene rings is 1. The highest BCUT2D eigenvalue weighted by Gasteiger charge is 2.21. The van der Waals surface area contributed by atoms with Crippen LogP contribution in [-0.4, -0.2) is 26.6 Å². The topological polar surface area (TPSA) is 80.3 Å². The van der Waals surface area contributed by atoms with Gasteiger partial charge < -0.3 is 19.4 Å². The summed E-state index contributed by atoms with van der Waals surface area (Å²) in [5.41, 5.74) is 1.78. The van der Waals surface area contributed by atoms with E-state index in [4.69, 9.17) is 4.42 Å². The van der Waals surface area contributed by atoms with Gasteiger partial charge in [-0.05, 0) is 38.1 Å². The second-order valence-corrected chi connectivity index (χ2v) is 5.99. The van der Waals surface area contributed by atoms with Crippen molar-refractivity contribution >= 4 is 16.9 Å². The van der Waals surface area contributed by atoms with Crippen LogP contribution in [0.25, 0.3) is 11.0 Å². The second-order valence-electron chi connectivity index (χ2n) is 5.99. The van der Waals surface area contributed by atoms with Crippen molar-refractivity contribution in [2.45, 2.75) is 38.5 Å². The molecule has 24 heavy (non-hydrogen) atoms. The predicted molar refractivity (Wildman–Crippen MR) is 90.3 cm³/mol. The molecule has 3 aromatic rings. The number of amides is 1. The van der Waals surface area contributed by atoms with Gasteiger partial charge in [0.15, 0.2) is 0 Å². The Bertz CT molecular complexity index is 810. The first-order valence-electron chi connectivity index (χ1n) is 7.99. The molecule has 6 nitrogen and oxygen atoms in total. The number of furan rings is 1. The molecule has 0 spiro atoms. The highest BCUT2D eigenvalue weighted by atomic mass is 16.4.